The van der Waals surface area contributed by atoms with Crippen molar-refractivity contribution >= 4 is 28.8 Å². The Bertz CT molecular complexity index is 457. The van der Waals surface area contributed by atoms with Crippen LogP contribution in [0.2, 0.25) is 0 Å². The molecule has 7 N–H and O–H groups in total. The van der Waals surface area contributed by atoms with Crippen LogP contribution in [-0.2, 0) is 18.5 Å². The van der Waals surface area contributed by atoms with E-state index in [-0.39, 0.29) is 0 Å². The Labute approximate surface area is 106 Å². The molecular weight excluding hydrogens is 329 g/mol. The molecule has 114 valence electrons. The smallest absolute Gasteiger partial charge is 0.344 e. The topological polar surface area (TPSA) is 210 Å². The Hall–Kier alpha value is -0.0800. The second kappa shape index (κ2) is 5.73. The van der Waals surface area contributed by atoms with Gasteiger partial charge in [-0.25, -0.2) is 0 Å². The van der Waals surface area contributed by atoms with Crippen LogP contribution < -0.4 is 0 Å². The Morgan fingerprint density at radius 3 is 1.47 bits per heavy atom. The highest BCUT2D eigenvalue weighted by atomic mass is 31.2. The number of carbonyl (C=O) groups is 1. The maximum absolute atomic E-state index is 11.2. The van der Waals surface area contributed by atoms with E-state index in [1.165, 1.54) is 0 Å². The van der Waals surface area contributed by atoms with Gasteiger partial charge in [0.2, 0.25) is 0 Å². The Morgan fingerprint density at radius 1 is 0.895 bits per heavy atom. The van der Waals surface area contributed by atoms with E-state index in [4.69, 9.17) is 34.5 Å². The van der Waals surface area contributed by atoms with Crippen LogP contribution in [0.4, 0.5) is 0 Å². The zero-order chi connectivity index (χ0) is 15.7. The lowest BCUT2D eigenvalue weighted by molar-refractivity contribution is -0.137. The molecule has 14 heteroatoms. The molecule has 0 aromatic carbocycles. The van der Waals surface area contributed by atoms with E-state index in [2.05, 4.69) is 0 Å². The third kappa shape index (κ3) is 5.07. The molecule has 0 radical (unpaired) electrons. The maximum Gasteiger partial charge on any atom is 0.344 e. The molecule has 0 fully saturated rings. The Morgan fingerprint density at radius 2 is 1.26 bits per heavy atom. The predicted molar refractivity (Wildman–Crippen MR) is 60.6 cm³/mol. The molecule has 0 atom stereocenters. The van der Waals surface area contributed by atoms with Crippen molar-refractivity contribution in [1.82, 2.24) is 0 Å². The fourth-order valence-electron chi connectivity index (χ4n) is 1.32. The van der Waals surface area contributed by atoms with Crippen molar-refractivity contribution in [3.8, 4) is 0 Å². The molecule has 0 aliphatic rings. The highest BCUT2D eigenvalue weighted by Gasteiger charge is 2.61. The van der Waals surface area contributed by atoms with Gasteiger partial charge in [-0.15, -0.1) is 0 Å². The van der Waals surface area contributed by atoms with Crippen molar-refractivity contribution < 1.29 is 53.0 Å². The van der Waals surface area contributed by atoms with Crippen LogP contribution in [0.15, 0.2) is 0 Å². The summed E-state index contributed by atoms with van der Waals surface area (Å²) < 4.78 is 33.1. The van der Waals surface area contributed by atoms with Gasteiger partial charge >= 0.3 is 28.8 Å². The van der Waals surface area contributed by atoms with Gasteiger partial charge in [0, 0.05) is 0 Å². The summed E-state index contributed by atoms with van der Waals surface area (Å²) in [4.78, 5) is 60.5. The number of hydrogen-bond donors (Lipinski definition) is 7. The van der Waals surface area contributed by atoms with Crippen molar-refractivity contribution in [1.29, 1.82) is 0 Å². The summed E-state index contributed by atoms with van der Waals surface area (Å²) in [6.45, 7) is 0. The maximum atomic E-state index is 11.2. The van der Waals surface area contributed by atoms with Gasteiger partial charge in [0.05, 0.1) is 12.6 Å². The third-order valence-electron chi connectivity index (χ3n) is 2.32. The lowest BCUT2D eigenvalue weighted by Gasteiger charge is -2.33. The molecule has 0 rings (SSSR count). The molecule has 11 nitrogen and oxygen atoms in total. The van der Waals surface area contributed by atoms with Crippen LogP contribution in [0.3, 0.4) is 0 Å². The van der Waals surface area contributed by atoms with Crippen LogP contribution in [0.25, 0.3) is 0 Å². The monoisotopic (exact) mass is 342 g/mol. The minimum absolute atomic E-state index is 1.27. The van der Waals surface area contributed by atoms with Gasteiger partial charge in [0.15, 0.2) is 4.90 Å². The van der Waals surface area contributed by atoms with E-state index in [1.807, 2.05) is 0 Å². The summed E-state index contributed by atoms with van der Waals surface area (Å²) in [7, 11) is -16.1. The fourth-order valence-corrected chi connectivity index (χ4v) is 5.19. The quantitative estimate of drug-likeness (QED) is 0.281. The van der Waals surface area contributed by atoms with Crippen molar-refractivity contribution in [2.75, 3.05) is 6.16 Å². The summed E-state index contributed by atoms with van der Waals surface area (Å²) >= 11 is 0. The average molecular weight is 342 g/mol. The van der Waals surface area contributed by atoms with Crippen molar-refractivity contribution in [2.24, 2.45) is 0 Å². The summed E-state index contributed by atoms with van der Waals surface area (Å²) in [6, 6.07) is 0. The summed E-state index contributed by atoms with van der Waals surface area (Å²) in [6.07, 6.45) is -4.23. The van der Waals surface area contributed by atoms with Crippen LogP contribution in [0.1, 0.15) is 12.8 Å². The lowest BCUT2D eigenvalue weighted by atomic mass is 10.2. The molecule has 0 spiro atoms. The zero-order valence-electron chi connectivity index (χ0n) is 9.23. The van der Waals surface area contributed by atoms with E-state index in [0.29, 0.717) is 0 Å². The molecule has 0 bridgehead atoms. The van der Waals surface area contributed by atoms with Crippen molar-refractivity contribution in [2.45, 2.75) is 17.7 Å². The average Bonchev–Trinajstić information content (AvgIpc) is 2.05. The zero-order valence-corrected chi connectivity index (χ0v) is 11.9. The molecule has 0 aliphatic carbocycles. The molecule has 0 saturated carbocycles. The second-order valence-corrected chi connectivity index (χ2v) is 9.80. The first-order chi connectivity index (χ1) is 8.12. The van der Waals surface area contributed by atoms with Gasteiger partial charge in [-0.2, -0.15) is 0 Å². The second-order valence-electron chi connectivity index (χ2n) is 3.78. The number of carboxylic acids is 1. The molecular formula is C5H13O11P3. The molecule has 0 amide bonds. The number of rotatable bonds is 7. The van der Waals surface area contributed by atoms with Gasteiger partial charge in [-0.3, -0.25) is 18.5 Å². The molecule has 0 aromatic heterocycles. The number of carboxylic acid groups (broad SMARTS) is 1. The first-order valence-electron chi connectivity index (χ1n) is 4.50. The Balaban J connectivity index is 5.80. The summed E-state index contributed by atoms with van der Waals surface area (Å²) in [5.74, 6) is -1.92. The van der Waals surface area contributed by atoms with E-state index < -0.39 is 52.7 Å². The summed E-state index contributed by atoms with van der Waals surface area (Å²) in [5.41, 5.74) is 0. The van der Waals surface area contributed by atoms with Crippen LogP contribution in [-0.4, -0.2) is 51.5 Å². The summed E-state index contributed by atoms with van der Waals surface area (Å²) in [5, 5.41) is 8.52. The van der Waals surface area contributed by atoms with Gasteiger partial charge in [-0.05, 0) is 6.42 Å². The minimum Gasteiger partial charge on any atom is -0.481 e. The Kier molecular flexibility index (Phi) is 5.71. The van der Waals surface area contributed by atoms with E-state index in [0.717, 1.165) is 0 Å². The SMILES string of the molecule is O=C(O)CC(CCP(=O)(O)O)(P(=O)(O)O)P(=O)(O)O. The highest BCUT2D eigenvalue weighted by Crippen LogP contribution is 2.72. The van der Waals surface area contributed by atoms with E-state index in [1.54, 1.807) is 0 Å². The number of aliphatic carboxylic acids is 1. The van der Waals surface area contributed by atoms with Crippen molar-refractivity contribution in [3.63, 3.8) is 0 Å². The third-order valence-corrected chi connectivity index (χ3v) is 7.62. The molecule has 0 saturated heterocycles. The molecule has 0 unspecified atom stereocenters. The van der Waals surface area contributed by atoms with Crippen LogP contribution in [0, 0.1) is 0 Å². The largest absolute Gasteiger partial charge is 0.481 e. The van der Waals surface area contributed by atoms with Crippen LogP contribution in [0.5, 0.6) is 0 Å². The van der Waals surface area contributed by atoms with E-state index in [9.17, 15) is 18.5 Å². The lowest BCUT2D eigenvalue weighted by Crippen LogP contribution is -2.33. The van der Waals surface area contributed by atoms with Gasteiger partial charge in [0.1, 0.15) is 0 Å². The molecule has 0 aromatic rings. The normalized spacial score (nSPS) is 14.4. The molecule has 0 aliphatic heterocycles. The van der Waals surface area contributed by atoms with Gasteiger partial charge in [0.25, 0.3) is 0 Å². The fraction of sp³-hybridized carbons (Fsp3) is 0.800. The van der Waals surface area contributed by atoms with E-state index >= 15 is 0 Å². The van der Waals surface area contributed by atoms with Gasteiger partial charge < -0.3 is 34.5 Å². The predicted octanol–water partition coefficient (Wildman–Crippen LogP) is -0.919. The standard InChI is InChI=1S/C5H13O11P3/c6-4(7)3-5(18(11,12)13,19(14,15)16)1-2-17(8,9)10/h1-3H2,(H,6,7)(H2,8,9,10)(H2,11,12,13)(H2,14,15,16). The molecule has 19 heavy (non-hydrogen) atoms. The first kappa shape index (κ1) is 18.9. The molecule has 0 heterocycles. The van der Waals surface area contributed by atoms with Gasteiger partial charge in [-0.1, -0.05) is 0 Å². The minimum atomic E-state index is -5.66. The number of hydrogen-bond acceptors (Lipinski definition) is 4. The van der Waals surface area contributed by atoms with Crippen LogP contribution >= 0.6 is 22.8 Å². The first-order valence-corrected chi connectivity index (χ1v) is 9.52. The highest BCUT2D eigenvalue weighted by molar-refractivity contribution is 7.72. The van der Waals surface area contributed by atoms with Crippen molar-refractivity contribution in [3.05, 3.63) is 0 Å².